The summed E-state index contributed by atoms with van der Waals surface area (Å²) in [5.41, 5.74) is 1.47. The van der Waals surface area contributed by atoms with Gasteiger partial charge in [0, 0.05) is 0 Å². The van der Waals surface area contributed by atoms with Gasteiger partial charge in [-0.2, -0.15) is 5.10 Å². The van der Waals surface area contributed by atoms with Gasteiger partial charge in [0.2, 0.25) is 0 Å². The Hall–Kier alpha value is -1.16. The highest BCUT2D eigenvalue weighted by Crippen LogP contribution is 2.27. The molecule has 1 heterocycles. The standard InChI is InChI=1S/C12H20N4/c1-2-13-11(12-14-9-15-16-12)10-7-5-3-4-6-8-10/h7,9,11,13H,2-6,8H2,1H3,(H,14,15,16). The molecular weight excluding hydrogens is 200 g/mol. The van der Waals surface area contributed by atoms with Gasteiger partial charge in [0.1, 0.15) is 12.2 Å². The Kier molecular flexibility index (Phi) is 4.10. The lowest BCUT2D eigenvalue weighted by atomic mass is 10.0. The van der Waals surface area contributed by atoms with Gasteiger partial charge in [-0.25, -0.2) is 4.98 Å². The number of H-pyrrole nitrogens is 1. The van der Waals surface area contributed by atoms with Crippen molar-refractivity contribution in [3.63, 3.8) is 0 Å². The summed E-state index contributed by atoms with van der Waals surface area (Å²) >= 11 is 0. The molecule has 4 nitrogen and oxygen atoms in total. The smallest absolute Gasteiger partial charge is 0.145 e. The van der Waals surface area contributed by atoms with Crippen LogP contribution in [0.5, 0.6) is 0 Å². The predicted molar refractivity (Wildman–Crippen MR) is 64.0 cm³/mol. The van der Waals surface area contributed by atoms with Gasteiger partial charge in [-0.05, 0) is 37.8 Å². The number of nitrogens with zero attached hydrogens (tertiary/aromatic N) is 2. The third-order valence-electron chi connectivity index (χ3n) is 3.06. The van der Waals surface area contributed by atoms with E-state index in [1.54, 1.807) is 6.33 Å². The average molecular weight is 220 g/mol. The zero-order valence-corrected chi connectivity index (χ0v) is 9.87. The third kappa shape index (κ3) is 2.70. The van der Waals surface area contributed by atoms with Crippen LogP contribution in [0.25, 0.3) is 0 Å². The van der Waals surface area contributed by atoms with Crippen LogP contribution in [0.15, 0.2) is 18.0 Å². The second-order valence-electron chi connectivity index (χ2n) is 4.24. The summed E-state index contributed by atoms with van der Waals surface area (Å²) in [6.07, 6.45) is 10.3. The fourth-order valence-electron chi connectivity index (χ4n) is 2.26. The van der Waals surface area contributed by atoms with Gasteiger partial charge in [0.05, 0.1) is 6.04 Å². The maximum atomic E-state index is 4.27. The molecule has 0 amide bonds. The maximum Gasteiger partial charge on any atom is 0.145 e. The van der Waals surface area contributed by atoms with Gasteiger partial charge < -0.3 is 5.32 Å². The van der Waals surface area contributed by atoms with E-state index in [9.17, 15) is 0 Å². The van der Waals surface area contributed by atoms with Crippen molar-refractivity contribution >= 4 is 0 Å². The van der Waals surface area contributed by atoms with Crippen LogP contribution in [0.4, 0.5) is 0 Å². The second-order valence-corrected chi connectivity index (χ2v) is 4.24. The van der Waals surface area contributed by atoms with Crippen LogP contribution in [0.1, 0.15) is 50.9 Å². The van der Waals surface area contributed by atoms with Crippen LogP contribution in [-0.2, 0) is 0 Å². The zero-order valence-electron chi connectivity index (χ0n) is 9.87. The average Bonchev–Trinajstić information content (AvgIpc) is 2.69. The molecule has 2 N–H and O–H groups in total. The van der Waals surface area contributed by atoms with Crippen LogP contribution < -0.4 is 5.32 Å². The Labute approximate surface area is 96.6 Å². The molecule has 0 spiro atoms. The molecule has 1 aliphatic rings. The quantitative estimate of drug-likeness (QED) is 0.766. The van der Waals surface area contributed by atoms with E-state index in [-0.39, 0.29) is 6.04 Å². The summed E-state index contributed by atoms with van der Waals surface area (Å²) in [6, 6.07) is 0.227. The van der Waals surface area contributed by atoms with Gasteiger partial charge in [-0.3, -0.25) is 5.10 Å². The number of rotatable bonds is 4. The van der Waals surface area contributed by atoms with Crippen molar-refractivity contribution in [1.82, 2.24) is 20.5 Å². The minimum absolute atomic E-state index is 0.227. The van der Waals surface area contributed by atoms with E-state index in [2.05, 4.69) is 33.5 Å². The Bertz CT molecular complexity index is 329. The van der Waals surface area contributed by atoms with Gasteiger partial charge in [0.25, 0.3) is 0 Å². The van der Waals surface area contributed by atoms with Crippen molar-refractivity contribution in [3.8, 4) is 0 Å². The molecule has 1 aromatic rings. The molecule has 0 fully saturated rings. The van der Waals surface area contributed by atoms with Crippen molar-refractivity contribution < 1.29 is 0 Å². The molecule has 1 aromatic heterocycles. The van der Waals surface area contributed by atoms with Gasteiger partial charge in [0.15, 0.2) is 0 Å². The van der Waals surface area contributed by atoms with Gasteiger partial charge in [-0.15, -0.1) is 0 Å². The number of allylic oxidation sites excluding steroid dienone is 1. The molecular formula is C12H20N4. The summed E-state index contributed by atoms with van der Waals surface area (Å²) < 4.78 is 0. The van der Waals surface area contributed by atoms with Crippen molar-refractivity contribution in [2.75, 3.05) is 6.54 Å². The van der Waals surface area contributed by atoms with E-state index >= 15 is 0 Å². The highest BCUT2D eigenvalue weighted by Gasteiger charge is 2.18. The molecule has 1 atom stereocenters. The molecule has 1 unspecified atom stereocenters. The lowest BCUT2D eigenvalue weighted by molar-refractivity contribution is 0.564. The molecule has 0 bridgehead atoms. The van der Waals surface area contributed by atoms with Gasteiger partial charge in [-0.1, -0.05) is 19.4 Å². The predicted octanol–water partition coefficient (Wildman–Crippen LogP) is 2.35. The van der Waals surface area contributed by atoms with E-state index in [4.69, 9.17) is 0 Å². The molecule has 16 heavy (non-hydrogen) atoms. The number of hydrogen-bond acceptors (Lipinski definition) is 3. The fourth-order valence-corrected chi connectivity index (χ4v) is 2.26. The second kappa shape index (κ2) is 5.80. The van der Waals surface area contributed by atoms with Crippen molar-refractivity contribution in [2.24, 2.45) is 0 Å². The number of hydrogen-bond donors (Lipinski definition) is 2. The first-order valence-corrected chi connectivity index (χ1v) is 6.19. The third-order valence-corrected chi connectivity index (χ3v) is 3.06. The molecule has 0 saturated carbocycles. The van der Waals surface area contributed by atoms with E-state index in [0.717, 1.165) is 12.4 Å². The molecule has 1 aliphatic carbocycles. The van der Waals surface area contributed by atoms with Crippen molar-refractivity contribution in [3.05, 3.63) is 23.8 Å². The molecule has 0 radical (unpaired) electrons. The fraction of sp³-hybridized carbons (Fsp3) is 0.667. The maximum absolute atomic E-state index is 4.27. The van der Waals surface area contributed by atoms with E-state index < -0.39 is 0 Å². The first kappa shape index (κ1) is 11.3. The lowest BCUT2D eigenvalue weighted by Crippen LogP contribution is -2.24. The van der Waals surface area contributed by atoms with Crippen molar-refractivity contribution in [2.45, 2.75) is 45.1 Å². The van der Waals surface area contributed by atoms with Crippen LogP contribution in [0.3, 0.4) is 0 Å². The number of nitrogens with one attached hydrogen (secondary N) is 2. The SMILES string of the molecule is CCNC(C1=CCCCCC1)c1ncn[nH]1. The van der Waals surface area contributed by atoms with Crippen LogP contribution in [0.2, 0.25) is 0 Å². The molecule has 2 rings (SSSR count). The Balaban J connectivity index is 2.14. The van der Waals surface area contributed by atoms with Crippen LogP contribution >= 0.6 is 0 Å². The molecule has 88 valence electrons. The minimum atomic E-state index is 0.227. The highest BCUT2D eigenvalue weighted by atomic mass is 15.2. The molecule has 0 aliphatic heterocycles. The van der Waals surface area contributed by atoms with Crippen LogP contribution in [0, 0.1) is 0 Å². The summed E-state index contributed by atoms with van der Waals surface area (Å²) in [5, 5.41) is 10.4. The number of likely N-dealkylation sites (N-methyl/N-ethyl adjacent to an activating group) is 1. The van der Waals surface area contributed by atoms with Crippen LogP contribution in [-0.4, -0.2) is 21.7 Å². The molecule has 4 heteroatoms. The first-order valence-electron chi connectivity index (χ1n) is 6.19. The summed E-state index contributed by atoms with van der Waals surface area (Å²) in [4.78, 5) is 4.27. The summed E-state index contributed by atoms with van der Waals surface area (Å²) in [7, 11) is 0. The first-order chi connectivity index (χ1) is 7.92. The van der Waals surface area contributed by atoms with Crippen molar-refractivity contribution in [1.29, 1.82) is 0 Å². The zero-order chi connectivity index (χ0) is 11.2. The topological polar surface area (TPSA) is 53.6 Å². The largest absolute Gasteiger partial charge is 0.304 e. The normalized spacial score (nSPS) is 18.9. The Morgan fingerprint density at radius 3 is 3.12 bits per heavy atom. The number of aromatic amines is 1. The summed E-state index contributed by atoms with van der Waals surface area (Å²) in [6.45, 7) is 3.07. The van der Waals surface area contributed by atoms with E-state index in [1.807, 2.05) is 0 Å². The highest BCUT2D eigenvalue weighted by molar-refractivity contribution is 5.17. The summed E-state index contributed by atoms with van der Waals surface area (Å²) in [5.74, 6) is 0.940. The number of aromatic nitrogens is 3. The Morgan fingerprint density at radius 1 is 1.44 bits per heavy atom. The van der Waals surface area contributed by atoms with E-state index in [1.165, 1.54) is 37.7 Å². The monoisotopic (exact) mass is 220 g/mol. The Morgan fingerprint density at radius 2 is 2.38 bits per heavy atom. The molecule has 0 aromatic carbocycles. The van der Waals surface area contributed by atoms with E-state index in [0.29, 0.717) is 0 Å². The minimum Gasteiger partial charge on any atom is -0.304 e. The lowest BCUT2D eigenvalue weighted by Gasteiger charge is -2.18. The molecule has 0 saturated heterocycles. The van der Waals surface area contributed by atoms with Gasteiger partial charge >= 0.3 is 0 Å².